The second kappa shape index (κ2) is 4.16. The third-order valence-corrected chi connectivity index (χ3v) is 3.06. The van der Waals surface area contributed by atoms with Crippen LogP contribution in [-0.4, -0.2) is 35.5 Å². The number of carbonyl (C=O) groups is 1. The van der Waals surface area contributed by atoms with Gasteiger partial charge in [0, 0.05) is 24.9 Å². The molecule has 0 amide bonds. The van der Waals surface area contributed by atoms with E-state index in [1.165, 1.54) is 10.6 Å². The van der Waals surface area contributed by atoms with E-state index in [0.29, 0.717) is 11.3 Å². The van der Waals surface area contributed by atoms with Crippen LogP contribution in [0.2, 0.25) is 0 Å². The molecule has 0 aliphatic rings. The van der Waals surface area contributed by atoms with Gasteiger partial charge in [-0.1, -0.05) is 0 Å². The van der Waals surface area contributed by atoms with Crippen LogP contribution >= 0.6 is 0 Å². The lowest BCUT2D eigenvalue weighted by Crippen LogP contribution is -2.08. The van der Waals surface area contributed by atoms with Crippen LogP contribution in [0.25, 0.3) is 16.9 Å². The van der Waals surface area contributed by atoms with Crippen molar-refractivity contribution >= 4 is 11.6 Å². The third kappa shape index (κ3) is 1.83. The Morgan fingerprint density at radius 3 is 2.60 bits per heavy atom. The van der Waals surface area contributed by atoms with Crippen molar-refractivity contribution in [2.45, 2.75) is 13.8 Å². The second-order valence-corrected chi connectivity index (χ2v) is 4.69. The predicted octanol–water partition coefficient (Wildman–Crippen LogP) is 1.44. The first-order valence-electron chi connectivity index (χ1n) is 6.07. The van der Waals surface area contributed by atoms with Gasteiger partial charge in [0.1, 0.15) is 0 Å². The van der Waals surface area contributed by atoms with Crippen LogP contribution < -0.4 is 0 Å². The molecule has 7 nitrogen and oxygen atoms in total. The van der Waals surface area contributed by atoms with Crippen LogP contribution in [0.3, 0.4) is 0 Å². The maximum absolute atomic E-state index is 11.4. The highest BCUT2D eigenvalue weighted by Crippen LogP contribution is 2.22. The normalized spacial score (nSPS) is 11.2. The Morgan fingerprint density at radius 1 is 1.25 bits per heavy atom. The van der Waals surface area contributed by atoms with Gasteiger partial charge >= 0.3 is 5.97 Å². The number of hydrogen-bond donors (Lipinski definition) is 1. The Kier molecular flexibility index (Phi) is 2.56. The first-order chi connectivity index (χ1) is 9.45. The molecule has 102 valence electrons. The number of carboxylic acids is 1. The summed E-state index contributed by atoms with van der Waals surface area (Å²) < 4.78 is 3.02. The SMILES string of the molecule is Cc1cc2nc(-c3cn(C)nc3C)cc(C(=O)O)n2n1. The van der Waals surface area contributed by atoms with Gasteiger partial charge in [0.25, 0.3) is 0 Å². The summed E-state index contributed by atoms with van der Waals surface area (Å²) in [6.45, 7) is 3.67. The zero-order valence-corrected chi connectivity index (χ0v) is 11.3. The van der Waals surface area contributed by atoms with Crippen LogP contribution in [0.1, 0.15) is 21.9 Å². The van der Waals surface area contributed by atoms with Crippen molar-refractivity contribution in [3.05, 3.63) is 35.4 Å². The van der Waals surface area contributed by atoms with Crippen LogP contribution in [0.15, 0.2) is 18.3 Å². The molecule has 0 unspecified atom stereocenters. The number of fused-ring (bicyclic) bond motifs is 1. The fourth-order valence-electron chi connectivity index (χ4n) is 2.23. The fraction of sp³-hybridized carbons (Fsp3) is 0.231. The average molecular weight is 271 g/mol. The summed E-state index contributed by atoms with van der Waals surface area (Å²) in [7, 11) is 1.82. The molecule has 0 atom stereocenters. The molecule has 0 spiro atoms. The molecule has 20 heavy (non-hydrogen) atoms. The van der Waals surface area contributed by atoms with E-state index >= 15 is 0 Å². The molecule has 0 fully saturated rings. The smallest absolute Gasteiger partial charge is 0.354 e. The standard InChI is InChI=1S/C13H13N5O2/c1-7-4-12-14-10(9-6-17(3)16-8(9)2)5-11(13(19)20)18(12)15-7/h4-6H,1-3H3,(H,19,20). The molecular formula is C13H13N5O2. The molecule has 0 bridgehead atoms. The number of aromatic nitrogens is 5. The van der Waals surface area contributed by atoms with Crippen LogP contribution in [-0.2, 0) is 7.05 Å². The van der Waals surface area contributed by atoms with Crippen molar-refractivity contribution in [2.75, 3.05) is 0 Å². The van der Waals surface area contributed by atoms with Crippen LogP contribution in [0, 0.1) is 13.8 Å². The predicted molar refractivity (Wildman–Crippen MR) is 71.6 cm³/mol. The van der Waals surface area contributed by atoms with Gasteiger partial charge < -0.3 is 5.11 Å². The van der Waals surface area contributed by atoms with Crippen LogP contribution in [0.4, 0.5) is 0 Å². The van der Waals surface area contributed by atoms with E-state index in [4.69, 9.17) is 0 Å². The Morgan fingerprint density at radius 2 is 2.00 bits per heavy atom. The molecule has 3 aromatic heterocycles. The molecular weight excluding hydrogens is 258 g/mol. The molecule has 7 heteroatoms. The number of aryl methyl sites for hydroxylation is 3. The Bertz CT molecular complexity index is 831. The topological polar surface area (TPSA) is 85.3 Å². The highest BCUT2D eigenvalue weighted by molar-refractivity contribution is 5.88. The van der Waals surface area contributed by atoms with Gasteiger partial charge in [0.15, 0.2) is 11.3 Å². The first kappa shape index (κ1) is 12.3. The van der Waals surface area contributed by atoms with Gasteiger partial charge in [0.2, 0.25) is 0 Å². The lowest BCUT2D eigenvalue weighted by Gasteiger charge is -2.03. The summed E-state index contributed by atoms with van der Waals surface area (Å²) in [5.74, 6) is -1.04. The maximum Gasteiger partial charge on any atom is 0.354 e. The summed E-state index contributed by atoms with van der Waals surface area (Å²) in [5.41, 5.74) is 3.52. The lowest BCUT2D eigenvalue weighted by molar-refractivity contribution is 0.0687. The summed E-state index contributed by atoms with van der Waals surface area (Å²) in [4.78, 5) is 15.9. The molecule has 0 saturated heterocycles. The second-order valence-electron chi connectivity index (χ2n) is 4.69. The molecule has 0 aliphatic carbocycles. The van der Waals surface area contributed by atoms with E-state index in [1.54, 1.807) is 17.7 Å². The summed E-state index contributed by atoms with van der Waals surface area (Å²) in [6.07, 6.45) is 1.82. The molecule has 0 aliphatic heterocycles. The van der Waals surface area contributed by atoms with Gasteiger partial charge in [0.05, 0.1) is 17.1 Å². The highest BCUT2D eigenvalue weighted by atomic mass is 16.4. The summed E-state index contributed by atoms with van der Waals surface area (Å²) >= 11 is 0. The monoisotopic (exact) mass is 271 g/mol. The molecule has 0 radical (unpaired) electrons. The molecule has 0 saturated carbocycles. The van der Waals surface area contributed by atoms with Crippen molar-refractivity contribution in [1.82, 2.24) is 24.4 Å². The maximum atomic E-state index is 11.4. The molecule has 3 rings (SSSR count). The van der Waals surface area contributed by atoms with E-state index in [2.05, 4.69) is 15.2 Å². The van der Waals surface area contributed by atoms with Gasteiger partial charge in [-0.15, -0.1) is 0 Å². The van der Waals surface area contributed by atoms with E-state index in [9.17, 15) is 9.90 Å². The van der Waals surface area contributed by atoms with Crippen LogP contribution in [0.5, 0.6) is 0 Å². The van der Waals surface area contributed by atoms with Gasteiger partial charge in [-0.3, -0.25) is 4.68 Å². The van der Waals surface area contributed by atoms with Crippen molar-refractivity contribution in [1.29, 1.82) is 0 Å². The Balaban J connectivity index is 2.32. The van der Waals surface area contributed by atoms with Crippen molar-refractivity contribution in [3.63, 3.8) is 0 Å². The highest BCUT2D eigenvalue weighted by Gasteiger charge is 2.16. The van der Waals surface area contributed by atoms with Crippen molar-refractivity contribution < 1.29 is 9.90 Å². The minimum absolute atomic E-state index is 0.0846. The molecule has 1 N–H and O–H groups in total. The van der Waals surface area contributed by atoms with Gasteiger partial charge in [-0.25, -0.2) is 14.3 Å². The van der Waals surface area contributed by atoms with Crippen molar-refractivity contribution in [3.8, 4) is 11.3 Å². The van der Waals surface area contributed by atoms with Gasteiger partial charge in [-0.2, -0.15) is 10.2 Å². The number of carboxylic acid groups (broad SMARTS) is 1. The summed E-state index contributed by atoms with van der Waals surface area (Å²) in [6, 6.07) is 3.27. The largest absolute Gasteiger partial charge is 0.477 e. The van der Waals surface area contributed by atoms with E-state index in [-0.39, 0.29) is 5.69 Å². The van der Waals surface area contributed by atoms with E-state index in [1.807, 2.05) is 20.2 Å². The molecule has 3 aromatic rings. The fourth-order valence-corrected chi connectivity index (χ4v) is 2.23. The zero-order valence-electron chi connectivity index (χ0n) is 11.3. The minimum atomic E-state index is -1.04. The molecule has 3 heterocycles. The number of hydrogen-bond acceptors (Lipinski definition) is 4. The quantitative estimate of drug-likeness (QED) is 0.762. The number of rotatable bonds is 2. The van der Waals surface area contributed by atoms with Gasteiger partial charge in [-0.05, 0) is 19.9 Å². The number of nitrogens with zero attached hydrogens (tertiary/aromatic N) is 5. The minimum Gasteiger partial charge on any atom is -0.477 e. The van der Waals surface area contributed by atoms with E-state index < -0.39 is 5.97 Å². The number of aromatic carboxylic acids is 1. The summed E-state index contributed by atoms with van der Waals surface area (Å²) in [5, 5.41) is 17.7. The third-order valence-electron chi connectivity index (χ3n) is 3.06. The first-order valence-corrected chi connectivity index (χ1v) is 6.07. The molecule has 0 aromatic carbocycles. The van der Waals surface area contributed by atoms with Crippen molar-refractivity contribution in [2.24, 2.45) is 7.05 Å². The lowest BCUT2D eigenvalue weighted by atomic mass is 10.1. The average Bonchev–Trinajstić information content (AvgIpc) is 2.88. The van der Waals surface area contributed by atoms with E-state index in [0.717, 1.165) is 17.0 Å². The Hall–Kier alpha value is -2.70. The Labute approximate surface area is 114 Å². The zero-order chi connectivity index (χ0) is 14.4.